The Kier molecular flexibility index (Phi) is 5.76. The van der Waals surface area contributed by atoms with Gasteiger partial charge in [0.05, 0.1) is 12.8 Å². The highest BCUT2D eigenvalue weighted by Crippen LogP contribution is 2.23. The van der Waals surface area contributed by atoms with Crippen LogP contribution in [0, 0.1) is 6.92 Å². The van der Waals surface area contributed by atoms with Crippen molar-refractivity contribution in [2.24, 2.45) is 0 Å². The fourth-order valence-electron chi connectivity index (χ4n) is 1.94. The lowest BCUT2D eigenvalue weighted by Crippen LogP contribution is -2.21. The maximum Gasteiger partial charge on any atom is 0.233 e. The molecule has 0 bridgehead atoms. The van der Waals surface area contributed by atoms with Crippen LogP contribution in [-0.2, 0) is 9.59 Å². The van der Waals surface area contributed by atoms with Crippen LogP contribution in [0.1, 0.15) is 12.0 Å². The number of methoxy groups -OCH3 is 1. The molecule has 120 valence electrons. The molecule has 2 aromatic carbocycles. The van der Waals surface area contributed by atoms with Crippen LogP contribution in [0.15, 0.2) is 46.9 Å². The smallest absolute Gasteiger partial charge is 0.233 e. The van der Waals surface area contributed by atoms with Gasteiger partial charge in [-0.15, -0.1) is 0 Å². The van der Waals surface area contributed by atoms with Crippen molar-refractivity contribution in [3.8, 4) is 5.75 Å². The molecule has 5 nitrogen and oxygen atoms in total. The number of hydrogen-bond acceptors (Lipinski definition) is 3. The molecule has 0 aliphatic rings. The minimum atomic E-state index is -0.379. The lowest BCUT2D eigenvalue weighted by atomic mass is 10.2. The molecule has 0 radical (unpaired) electrons. The van der Waals surface area contributed by atoms with Crippen molar-refractivity contribution in [1.82, 2.24) is 0 Å². The number of benzene rings is 2. The Labute approximate surface area is 143 Å². The standard InChI is InChI=1S/C17H17BrN2O3/c1-11-3-8-15(14(18)9-11)20-17(22)10-16(21)19-12-4-6-13(23-2)7-5-12/h3-9H,10H2,1-2H3,(H,19,21)(H,20,22). The third kappa shape index (κ3) is 5.10. The van der Waals surface area contributed by atoms with Gasteiger partial charge in [0.1, 0.15) is 12.2 Å². The van der Waals surface area contributed by atoms with Crippen molar-refractivity contribution >= 4 is 39.1 Å². The lowest BCUT2D eigenvalue weighted by molar-refractivity contribution is -0.123. The fraction of sp³-hybridized carbons (Fsp3) is 0.176. The first-order valence-electron chi connectivity index (χ1n) is 6.98. The average molecular weight is 377 g/mol. The number of anilines is 2. The molecular weight excluding hydrogens is 360 g/mol. The van der Waals surface area contributed by atoms with Gasteiger partial charge in [-0.1, -0.05) is 6.07 Å². The normalized spacial score (nSPS) is 10.0. The molecule has 2 aromatic rings. The summed E-state index contributed by atoms with van der Waals surface area (Å²) in [5.74, 6) is -0.0542. The summed E-state index contributed by atoms with van der Waals surface area (Å²) in [5, 5.41) is 5.37. The van der Waals surface area contributed by atoms with E-state index in [-0.39, 0.29) is 18.2 Å². The number of carbonyl (C=O) groups is 2. The second-order valence-electron chi connectivity index (χ2n) is 4.98. The van der Waals surface area contributed by atoms with Crippen molar-refractivity contribution in [2.45, 2.75) is 13.3 Å². The Balaban J connectivity index is 1.90. The third-order valence-corrected chi connectivity index (χ3v) is 3.75. The molecule has 0 aliphatic heterocycles. The number of aryl methyl sites for hydroxylation is 1. The van der Waals surface area contributed by atoms with Crippen LogP contribution in [0.4, 0.5) is 11.4 Å². The molecule has 0 saturated heterocycles. The highest BCUT2D eigenvalue weighted by atomic mass is 79.9. The van der Waals surface area contributed by atoms with E-state index in [1.165, 1.54) is 0 Å². The van der Waals surface area contributed by atoms with E-state index in [0.29, 0.717) is 17.1 Å². The minimum Gasteiger partial charge on any atom is -0.497 e. The quantitative estimate of drug-likeness (QED) is 0.781. The molecule has 0 heterocycles. The van der Waals surface area contributed by atoms with Crippen LogP contribution in [0.2, 0.25) is 0 Å². The fourth-order valence-corrected chi connectivity index (χ4v) is 2.53. The van der Waals surface area contributed by atoms with Crippen molar-refractivity contribution in [3.05, 3.63) is 52.5 Å². The zero-order valence-electron chi connectivity index (χ0n) is 12.9. The van der Waals surface area contributed by atoms with Crippen LogP contribution < -0.4 is 15.4 Å². The summed E-state index contributed by atoms with van der Waals surface area (Å²) in [6.45, 7) is 1.96. The molecule has 2 amide bonds. The summed E-state index contributed by atoms with van der Waals surface area (Å²) in [6.07, 6.45) is -0.258. The van der Waals surface area contributed by atoms with Gasteiger partial charge in [-0.3, -0.25) is 9.59 Å². The van der Waals surface area contributed by atoms with Crippen LogP contribution >= 0.6 is 15.9 Å². The average Bonchev–Trinajstić information content (AvgIpc) is 2.50. The molecule has 0 aliphatic carbocycles. The van der Waals surface area contributed by atoms with Gasteiger partial charge in [-0.25, -0.2) is 0 Å². The van der Waals surface area contributed by atoms with Crippen LogP contribution in [0.25, 0.3) is 0 Å². The first-order chi connectivity index (χ1) is 11.0. The van der Waals surface area contributed by atoms with Gasteiger partial charge in [0.2, 0.25) is 11.8 Å². The first-order valence-corrected chi connectivity index (χ1v) is 7.77. The van der Waals surface area contributed by atoms with E-state index in [9.17, 15) is 9.59 Å². The van der Waals surface area contributed by atoms with Crippen LogP contribution in [-0.4, -0.2) is 18.9 Å². The Bertz CT molecular complexity index is 714. The topological polar surface area (TPSA) is 67.4 Å². The highest BCUT2D eigenvalue weighted by Gasteiger charge is 2.11. The number of carbonyl (C=O) groups excluding carboxylic acids is 2. The Morgan fingerprint density at radius 3 is 2.30 bits per heavy atom. The monoisotopic (exact) mass is 376 g/mol. The summed E-state index contributed by atoms with van der Waals surface area (Å²) >= 11 is 3.38. The summed E-state index contributed by atoms with van der Waals surface area (Å²) in [4.78, 5) is 23.8. The number of halogens is 1. The minimum absolute atomic E-state index is 0.258. The summed E-state index contributed by atoms with van der Waals surface area (Å²) in [5.41, 5.74) is 2.32. The van der Waals surface area contributed by atoms with Crippen molar-refractivity contribution in [1.29, 1.82) is 0 Å². The highest BCUT2D eigenvalue weighted by molar-refractivity contribution is 9.10. The number of amides is 2. The zero-order valence-corrected chi connectivity index (χ0v) is 14.4. The van der Waals surface area contributed by atoms with Crippen LogP contribution in [0.5, 0.6) is 5.75 Å². The Hall–Kier alpha value is -2.34. The van der Waals surface area contributed by atoms with E-state index in [1.807, 2.05) is 19.1 Å². The van der Waals surface area contributed by atoms with E-state index in [2.05, 4.69) is 26.6 Å². The van der Waals surface area contributed by atoms with Gasteiger partial charge >= 0.3 is 0 Å². The molecule has 0 aromatic heterocycles. The number of nitrogens with one attached hydrogen (secondary N) is 2. The first kappa shape index (κ1) is 17.0. The van der Waals surface area contributed by atoms with Crippen molar-refractivity contribution in [3.63, 3.8) is 0 Å². The third-order valence-electron chi connectivity index (χ3n) is 3.09. The molecule has 0 fully saturated rings. The van der Waals surface area contributed by atoms with E-state index in [4.69, 9.17) is 4.74 Å². The summed E-state index contributed by atoms with van der Waals surface area (Å²) in [6, 6.07) is 12.5. The number of hydrogen-bond donors (Lipinski definition) is 2. The van der Waals surface area contributed by atoms with Gasteiger partial charge in [0.15, 0.2) is 0 Å². The maximum atomic E-state index is 11.9. The molecule has 0 atom stereocenters. The van der Waals surface area contributed by atoms with Crippen molar-refractivity contribution < 1.29 is 14.3 Å². The summed E-state index contributed by atoms with van der Waals surface area (Å²) in [7, 11) is 1.57. The number of ether oxygens (including phenoxy) is 1. The SMILES string of the molecule is COc1ccc(NC(=O)CC(=O)Nc2ccc(C)cc2Br)cc1. The van der Waals surface area contributed by atoms with E-state index in [1.54, 1.807) is 37.4 Å². The second-order valence-corrected chi connectivity index (χ2v) is 5.84. The number of rotatable bonds is 5. The van der Waals surface area contributed by atoms with E-state index in [0.717, 1.165) is 10.0 Å². The molecule has 2 rings (SSSR count). The van der Waals surface area contributed by atoms with Gasteiger partial charge < -0.3 is 15.4 Å². The predicted molar refractivity (Wildman–Crippen MR) is 93.7 cm³/mol. The van der Waals surface area contributed by atoms with E-state index >= 15 is 0 Å². The van der Waals surface area contributed by atoms with Crippen molar-refractivity contribution in [2.75, 3.05) is 17.7 Å². The zero-order chi connectivity index (χ0) is 16.8. The van der Waals surface area contributed by atoms with Gasteiger partial charge in [0, 0.05) is 10.2 Å². The molecule has 0 unspecified atom stereocenters. The summed E-state index contributed by atoms with van der Waals surface area (Å²) < 4.78 is 5.82. The Morgan fingerprint density at radius 1 is 1.04 bits per heavy atom. The van der Waals surface area contributed by atoms with Gasteiger partial charge in [-0.05, 0) is 64.8 Å². The molecule has 23 heavy (non-hydrogen) atoms. The van der Waals surface area contributed by atoms with Gasteiger partial charge in [0.25, 0.3) is 0 Å². The molecule has 6 heteroatoms. The molecule has 0 spiro atoms. The van der Waals surface area contributed by atoms with E-state index < -0.39 is 0 Å². The second kappa shape index (κ2) is 7.78. The molecule has 2 N–H and O–H groups in total. The molecular formula is C17H17BrN2O3. The van der Waals surface area contributed by atoms with Crippen LogP contribution in [0.3, 0.4) is 0 Å². The molecule has 0 saturated carbocycles. The largest absolute Gasteiger partial charge is 0.497 e. The Morgan fingerprint density at radius 2 is 1.70 bits per heavy atom. The maximum absolute atomic E-state index is 11.9. The van der Waals surface area contributed by atoms with Gasteiger partial charge in [-0.2, -0.15) is 0 Å². The lowest BCUT2D eigenvalue weighted by Gasteiger charge is -2.09. The predicted octanol–water partition coefficient (Wildman–Crippen LogP) is 3.73.